The van der Waals surface area contributed by atoms with E-state index < -0.39 is 5.41 Å². The Hall–Kier alpha value is -1.42. The van der Waals surface area contributed by atoms with Crippen LogP contribution >= 0.6 is 12.2 Å². The van der Waals surface area contributed by atoms with Crippen molar-refractivity contribution in [3.63, 3.8) is 0 Å². The lowest BCUT2D eigenvalue weighted by molar-refractivity contribution is -0.121. The Kier molecular flexibility index (Phi) is 3.88. The van der Waals surface area contributed by atoms with Crippen LogP contribution in [-0.2, 0) is 4.79 Å². The fourth-order valence-corrected chi connectivity index (χ4v) is 1.31. The van der Waals surface area contributed by atoms with Gasteiger partial charge >= 0.3 is 0 Å². The molecular formula is C13H18N2OS. The van der Waals surface area contributed by atoms with Gasteiger partial charge in [-0.15, -0.1) is 0 Å². The highest BCUT2D eigenvalue weighted by atomic mass is 32.1. The quantitative estimate of drug-likeness (QED) is 0.811. The molecule has 0 fully saturated rings. The highest BCUT2D eigenvalue weighted by Gasteiger charge is 2.30. The van der Waals surface area contributed by atoms with Gasteiger partial charge in [0.1, 0.15) is 0 Å². The van der Waals surface area contributed by atoms with Crippen molar-refractivity contribution in [2.75, 3.05) is 5.32 Å². The minimum atomic E-state index is -0.839. The molecule has 1 amide bonds. The molecule has 0 heterocycles. The summed E-state index contributed by atoms with van der Waals surface area (Å²) in [5.74, 6) is -0.187. The third kappa shape index (κ3) is 3.03. The van der Waals surface area contributed by atoms with Crippen molar-refractivity contribution in [2.24, 2.45) is 11.1 Å². The molecule has 0 atom stereocenters. The predicted molar refractivity (Wildman–Crippen MR) is 75.1 cm³/mol. The van der Waals surface area contributed by atoms with E-state index >= 15 is 0 Å². The monoisotopic (exact) mass is 250 g/mol. The number of anilines is 1. The van der Waals surface area contributed by atoms with Gasteiger partial charge in [0, 0.05) is 5.69 Å². The van der Waals surface area contributed by atoms with Crippen LogP contribution in [-0.4, -0.2) is 10.9 Å². The molecule has 17 heavy (non-hydrogen) atoms. The molecule has 1 rings (SSSR count). The van der Waals surface area contributed by atoms with E-state index in [0.717, 1.165) is 11.3 Å². The van der Waals surface area contributed by atoms with Crippen molar-refractivity contribution in [1.82, 2.24) is 0 Å². The van der Waals surface area contributed by atoms with Gasteiger partial charge in [0.2, 0.25) is 5.91 Å². The van der Waals surface area contributed by atoms with Gasteiger partial charge in [-0.1, -0.05) is 18.3 Å². The summed E-state index contributed by atoms with van der Waals surface area (Å²) < 4.78 is 0. The average Bonchev–Trinajstić information content (AvgIpc) is 2.23. The number of aryl methyl sites for hydroxylation is 2. The number of carbonyl (C=O) groups is 1. The number of carbonyl (C=O) groups excluding carboxylic acids is 1. The van der Waals surface area contributed by atoms with E-state index in [-0.39, 0.29) is 10.9 Å². The largest absolute Gasteiger partial charge is 0.392 e. The smallest absolute Gasteiger partial charge is 0.236 e. The van der Waals surface area contributed by atoms with Gasteiger partial charge in [-0.2, -0.15) is 0 Å². The third-order valence-corrected chi connectivity index (χ3v) is 3.46. The van der Waals surface area contributed by atoms with E-state index in [9.17, 15) is 4.79 Å². The Labute approximate surface area is 107 Å². The lowest BCUT2D eigenvalue weighted by Gasteiger charge is -2.22. The van der Waals surface area contributed by atoms with Gasteiger partial charge in [0.05, 0.1) is 10.4 Å². The summed E-state index contributed by atoms with van der Waals surface area (Å²) in [6.45, 7) is 7.46. The van der Waals surface area contributed by atoms with E-state index in [1.165, 1.54) is 5.56 Å². The number of rotatable bonds is 3. The maximum Gasteiger partial charge on any atom is 0.236 e. The second-order valence-corrected chi connectivity index (χ2v) is 5.18. The zero-order valence-corrected chi connectivity index (χ0v) is 11.4. The first kappa shape index (κ1) is 13.6. The molecule has 0 aliphatic carbocycles. The minimum Gasteiger partial charge on any atom is -0.392 e. The minimum absolute atomic E-state index is 0.187. The van der Waals surface area contributed by atoms with Gasteiger partial charge in [-0.3, -0.25) is 4.79 Å². The van der Waals surface area contributed by atoms with Crippen molar-refractivity contribution < 1.29 is 4.79 Å². The Morgan fingerprint density at radius 3 is 2.35 bits per heavy atom. The molecule has 3 nitrogen and oxygen atoms in total. The Balaban J connectivity index is 2.89. The molecule has 0 aliphatic heterocycles. The van der Waals surface area contributed by atoms with Gasteiger partial charge in [0.25, 0.3) is 0 Å². The van der Waals surface area contributed by atoms with Crippen LogP contribution in [0.4, 0.5) is 5.69 Å². The summed E-state index contributed by atoms with van der Waals surface area (Å²) in [7, 11) is 0. The van der Waals surface area contributed by atoms with Crippen LogP contribution in [0.2, 0.25) is 0 Å². The number of hydrogen-bond acceptors (Lipinski definition) is 2. The zero-order chi connectivity index (χ0) is 13.2. The molecule has 92 valence electrons. The SMILES string of the molecule is Cc1ccc(NC(=O)C(C)(C)C(N)=S)cc1C. The number of amides is 1. The first-order valence-electron chi connectivity index (χ1n) is 5.43. The third-order valence-electron chi connectivity index (χ3n) is 2.95. The molecule has 1 aromatic carbocycles. The van der Waals surface area contributed by atoms with Crippen molar-refractivity contribution in [3.05, 3.63) is 29.3 Å². The Morgan fingerprint density at radius 2 is 1.88 bits per heavy atom. The van der Waals surface area contributed by atoms with Crippen LogP contribution in [0.15, 0.2) is 18.2 Å². The molecule has 0 unspecified atom stereocenters. The lowest BCUT2D eigenvalue weighted by Crippen LogP contribution is -2.41. The van der Waals surface area contributed by atoms with E-state index in [0.29, 0.717) is 0 Å². The molecule has 0 aliphatic rings. The molecule has 0 radical (unpaired) electrons. The van der Waals surface area contributed by atoms with Crippen molar-refractivity contribution >= 4 is 28.8 Å². The number of nitrogens with two attached hydrogens (primary N) is 1. The maximum atomic E-state index is 12.0. The van der Waals surface area contributed by atoms with Crippen LogP contribution in [0.1, 0.15) is 25.0 Å². The lowest BCUT2D eigenvalue weighted by atomic mass is 9.92. The first-order valence-corrected chi connectivity index (χ1v) is 5.84. The molecule has 0 aromatic heterocycles. The van der Waals surface area contributed by atoms with Crippen molar-refractivity contribution in [3.8, 4) is 0 Å². The van der Waals surface area contributed by atoms with Crippen LogP contribution in [0.5, 0.6) is 0 Å². The summed E-state index contributed by atoms with van der Waals surface area (Å²) in [6.07, 6.45) is 0. The molecule has 0 spiro atoms. The number of benzene rings is 1. The van der Waals surface area contributed by atoms with Crippen LogP contribution in [0.25, 0.3) is 0 Å². The van der Waals surface area contributed by atoms with E-state index in [1.807, 2.05) is 32.0 Å². The van der Waals surface area contributed by atoms with E-state index in [1.54, 1.807) is 13.8 Å². The number of hydrogen-bond donors (Lipinski definition) is 2. The highest BCUT2D eigenvalue weighted by molar-refractivity contribution is 7.80. The zero-order valence-electron chi connectivity index (χ0n) is 10.6. The van der Waals surface area contributed by atoms with Crippen LogP contribution < -0.4 is 11.1 Å². The Bertz CT molecular complexity index is 466. The molecule has 1 aromatic rings. The van der Waals surface area contributed by atoms with Crippen molar-refractivity contribution in [2.45, 2.75) is 27.7 Å². The predicted octanol–water partition coefficient (Wildman–Crippen LogP) is 2.55. The fourth-order valence-electron chi connectivity index (χ4n) is 1.22. The normalized spacial score (nSPS) is 11.1. The molecular weight excluding hydrogens is 232 g/mol. The number of nitrogens with one attached hydrogen (secondary N) is 1. The fraction of sp³-hybridized carbons (Fsp3) is 0.385. The Morgan fingerprint density at radius 1 is 1.29 bits per heavy atom. The maximum absolute atomic E-state index is 12.0. The standard InChI is InChI=1S/C13H18N2OS/c1-8-5-6-10(7-9(8)2)15-12(16)13(3,4)11(14)17/h5-7H,1-4H3,(H2,14,17)(H,15,16). The molecule has 3 N–H and O–H groups in total. The summed E-state index contributed by atoms with van der Waals surface area (Å²) in [5, 5.41) is 2.83. The molecule has 0 saturated heterocycles. The van der Waals surface area contributed by atoms with Crippen LogP contribution in [0.3, 0.4) is 0 Å². The van der Waals surface area contributed by atoms with Crippen molar-refractivity contribution in [1.29, 1.82) is 0 Å². The highest BCUT2D eigenvalue weighted by Crippen LogP contribution is 2.20. The summed E-state index contributed by atoms with van der Waals surface area (Å²) in [5.41, 5.74) is 7.80. The van der Waals surface area contributed by atoms with Gasteiger partial charge in [0.15, 0.2) is 0 Å². The average molecular weight is 250 g/mol. The molecule has 4 heteroatoms. The molecule has 0 saturated carbocycles. The second kappa shape index (κ2) is 4.84. The van der Waals surface area contributed by atoms with Gasteiger partial charge in [-0.05, 0) is 51.0 Å². The summed E-state index contributed by atoms with van der Waals surface area (Å²) in [4.78, 5) is 12.2. The topological polar surface area (TPSA) is 55.1 Å². The van der Waals surface area contributed by atoms with Gasteiger partial charge < -0.3 is 11.1 Å². The summed E-state index contributed by atoms with van der Waals surface area (Å²) >= 11 is 4.89. The number of thiocarbonyl (C=S) groups is 1. The summed E-state index contributed by atoms with van der Waals surface area (Å²) in [6, 6.07) is 5.78. The first-order chi connectivity index (χ1) is 7.75. The van der Waals surface area contributed by atoms with Gasteiger partial charge in [-0.25, -0.2) is 0 Å². The van der Waals surface area contributed by atoms with Crippen LogP contribution in [0, 0.1) is 19.3 Å². The van der Waals surface area contributed by atoms with E-state index in [2.05, 4.69) is 5.32 Å². The molecule has 0 bridgehead atoms. The second-order valence-electron chi connectivity index (χ2n) is 4.74. The van der Waals surface area contributed by atoms with E-state index in [4.69, 9.17) is 18.0 Å².